The molecule has 0 unspecified atom stereocenters. The van der Waals surface area contributed by atoms with E-state index in [1.54, 1.807) is 25.3 Å². The number of hydrogen-bond acceptors (Lipinski definition) is 5. The summed E-state index contributed by atoms with van der Waals surface area (Å²) in [6.07, 6.45) is 1.62. The Morgan fingerprint density at radius 2 is 2.00 bits per heavy atom. The number of carbonyl (C=O) groups excluding carboxylic acids is 1. The number of nitro benzene ring substituents is 1. The average molecular weight is 368 g/mol. The summed E-state index contributed by atoms with van der Waals surface area (Å²) in [7, 11) is 0. The fourth-order valence-electron chi connectivity index (χ4n) is 3.06. The first-order valence-electron chi connectivity index (χ1n) is 8.47. The van der Waals surface area contributed by atoms with Gasteiger partial charge in [-0.25, -0.2) is 0 Å². The number of rotatable bonds is 7. The summed E-state index contributed by atoms with van der Waals surface area (Å²) < 4.78 is 13.0. The number of carbonyl (C=O) groups is 1. The minimum absolute atomic E-state index is 0.0309. The Kier molecular flexibility index (Phi) is 5.12. The van der Waals surface area contributed by atoms with E-state index >= 15 is 0 Å². The van der Waals surface area contributed by atoms with Crippen molar-refractivity contribution in [1.29, 1.82) is 0 Å². The number of aromatic nitrogens is 1. The standard InChI is InChI=1S/C20H20N2O5/c1-13-10-17(15(3)21(13)11-16-6-5-9-26-16)19(23)12-27-20-8-4-7-18(14(20)2)22(24)25/h4-10H,11-12H2,1-3H3. The molecule has 0 bridgehead atoms. The lowest BCUT2D eigenvalue weighted by Crippen LogP contribution is -2.13. The molecule has 7 heteroatoms. The zero-order valence-electron chi connectivity index (χ0n) is 15.4. The van der Waals surface area contributed by atoms with Crippen molar-refractivity contribution in [2.24, 2.45) is 0 Å². The summed E-state index contributed by atoms with van der Waals surface area (Å²) >= 11 is 0. The Labute approximate surface area is 156 Å². The third-order valence-corrected chi connectivity index (χ3v) is 4.58. The van der Waals surface area contributed by atoms with Gasteiger partial charge in [-0.3, -0.25) is 14.9 Å². The fourth-order valence-corrected chi connectivity index (χ4v) is 3.06. The van der Waals surface area contributed by atoms with Crippen LogP contribution >= 0.6 is 0 Å². The van der Waals surface area contributed by atoms with Crippen molar-refractivity contribution in [2.75, 3.05) is 6.61 Å². The number of aryl methyl sites for hydroxylation is 1. The smallest absolute Gasteiger partial charge is 0.276 e. The summed E-state index contributed by atoms with van der Waals surface area (Å²) in [5.41, 5.74) is 2.71. The van der Waals surface area contributed by atoms with Gasteiger partial charge in [-0.1, -0.05) is 6.07 Å². The van der Waals surface area contributed by atoms with Crippen molar-refractivity contribution in [1.82, 2.24) is 4.57 Å². The second kappa shape index (κ2) is 7.49. The second-order valence-corrected chi connectivity index (χ2v) is 6.32. The van der Waals surface area contributed by atoms with Gasteiger partial charge in [0.1, 0.15) is 11.5 Å². The van der Waals surface area contributed by atoms with E-state index in [-0.39, 0.29) is 18.1 Å². The molecule has 0 aliphatic rings. The zero-order chi connectivity index (χ0) is 19.6. The molecule has 0 saturated heterocycles. The number of ether oxygens (including phenoxy) is 1. The van der Waals surface area contributed by atoms with Crippen LogP contribution in [0.5, 0.6) is 5.75 Å². The highest BCUT2D eigenvalue weighted by Crippen LogP contribution is 2.27. The molecule has 7 nitrogen and oxygen atoms in total. The Morgan fingerprint density at radius 3 is 2.67 bits per heavy atom. The van der Waals surface area contributed by atoms with Crippen LogP contribution in [0, 0.1) is 30.9 Å². The molecule has 2 heterocycles. The first-order chi connectivity index (χ1) is 12.9. The van der Waals surface area contributed by atoms with Gasteiger partial charge in [0.2, 0.25) is 5.78 Å². The van der Waals surface area contributed by atoms with Gasteiger partial charge in [-0.15, -0.1) is 0 Å². The average Bonchev–Trinajstić information content (AvgIpc) is 3.24. The van der Waals surface area contributed by atoms with Gasteiger partial charge in [-0.05, 0) is 45.0 Å². The lowest BCUT2D eigenvalue weighted by Gasteiger charge is -2.10. The number of ketones is 1. The quantitative estimate of drug-likeness (QED) is 0.354. The third kappa shape index (κ3) is 3.76. The first kappa shape index (κ1) is 18.4. The van der Waals surface area contributed by atoms with Crippen LogP contribution in [-0.2, 0) is 6.54 Å². The molecule has 0 atom stereocenters. The van der Waals surface area contributed by atoms with E-state index in [0.717, 1.165) is 17.1 Å². The number of nitro groups is 1. The van der Waals surface area contributed by atoms with Crippen LogP contribution in [-0.4, -0.2) is 21.9 Å². The molecule has 2 aromatic heterocycles. The molecule has 3 aromatic rings. The lowest BCUT2D eigenvalue weighted by molar-refractivity contribution is -0.385. The highest BCUT2D eigenvalue weighted by molar-refractivity contribution is 5.98. The zero-order valence-corrected chi connectivity index (χ0v) is 15.4. The minimum Gasteiger partial charge on any atom is -0.485 e. The van der Waals surface area contributed by atoms with E-state index < -0.39 is 4.92 Å². The van der Waals surface area contributed by atoms with Crippen molar-refractivity contribution >= 4 is 11.5 Å². The lowest BCUT2D eigenvalue weighted by atomic mass is 10.1. The maximum Gasteiger partial charge on any atom is 0.276 e. The van der Waals surface area contributed by atoms with Crippen LogP contribution in [0.25, 0.3) is 0 Å². The van der Waals surface area contributed by atoms with Crippen LogP contribution in [0.1, 0.15) is 33.1 Å². The van der Waals surface area contributed by atoms with Gasteiger partial charge in [0.05, 0.1) is 23.3 Å². The molecule has 0 spiro atoms. The van der Waals surface area contributed by atoms with Gasteiger partial charge in [0, 0.05) is 23.0 Å². The van der Waals surface area contributed by atoms with Gasteiger partial charge >= 0.3 is 0 Å². The Bertz CT molecular complexity index is 986. The van der Waals surface area contributed by atoms with E-state index in [1.165, 1.54) is 6.07 Å². The fraction of sp³-hybridized carbons (Fsp3) is 0.250. The van der Waals surface area contributed by atoms with E-state index in [1.807, 2.05) is 36.6 Å². The largest absolute Gasteiger partial charge is 0.485 e. The van der Waals surface area contributed by atoms with Crippen molar-refractivity contribution in [2.45, 2.75) is 27.3 Å². The van der Waals surface area contributed by atoms with E-state index in [9.17, 15) is 14.9 Å². The third-order valence-electron chi connectivity index (χ3n) is 4.58. The number of Topliss-reactive ketones (excluding diaryl/α,β-unsaturated/α-hetero) is 1. The first-order valence-corrected chi connectivity index (χ1v) is 8.47. The minimum atomic E-state index is -0.466. The van der Waals surface area contributed by atoms with Crippen LogP contribution < -0.4 is 4.74 Å². The topological polar surface area (TPSA) is 87.5 Å². The second-order valence-electron chi connectivity index (χ2n) is 6.32. The number of nitrogens with zero attached hydrogens (tertiary/aromatic N) is 2. The Morgan fingerprint density at radius 1 is 1.22 bits per heavy atom. The van der Waals surface area contributed by atoms with Crippen LogP contribution in [0.15, 0.2) is 47.1 Å². The van der Waals surface area contributed by atoms with Crippen molar-refractivity contribution in [3.05, 3.63) is 81.1 Å². The highest BCUT2D eigenvalue weighted by atomic mass is 16.6. The van der Waals surface area contributed by atoms with E-state index in [4.69, 9.17) is 9.15 Å². The predicted octanol–water partition coefficient (Wildman–Crippen LogP) is 4.22. The van der Waals surface area contributed by atoms with E-state index in [2.05, 4.69) is 0 Å². The van der Waals surface area contributed by atoms with E-state index in [0.29, 0.717) is 23.4 Å². The molecule has 27 heavy (non-hydrogen) atoms. The molecular weight excluding hydrogens is 348 g/mol. The summed E-state index contributed by atoms with van der Waals surface area (Å²) in [6.45, 7) is 5.77. The molecule has 0 fully saturated rings. The maximum absolute atomic E-state index is 12.6. The normalized spacial score (nSPS) is 10.8. The molecule has 3 rings (SSSR count). The molecule has 1 aromatic carbocycles. The van der Waals surface area contributed by atoms with Crippen LogP contribution in [0.3, 0.4) is 0 Å². The Balaban J connectivity index is 1.76. The molecule has 0 amide bonds. The van der Waals surface area contributed by atoms with Gasteiger partial charge in [0.25, 0.3) is 5.69 Å². The van der Waals surface area contributed by atoms with Gasteiger partial charge in [0.15, 0.2) is 6.61 Å². The molecule has 0 radical (unpaired) electrons. The summed E-state index contributed by atoms with van der Waals surface area (Å²) in [4.78, 5) is 23.2. The highest BCUT2D eigenvalue weighted by Gasteiger charge is 2.19. The van der Waals surface area contributed by atoms with Crippen molar-refractivity contribution in [3.63, 3.8) is 0 Å². The van der Waals surface area contributed by atoms with Crippen LogP contribution in [0.2, 0.25) is 0 Å². The monoisotopic (exact) mass is 368 g/mol. The molecule has 0 saturated carbocycles. The molecular formula is C20H20N2O5. The molecule has 0 aliphatic heterocycles. The molecule has 0 aliphatic carbocycles. The number of furan rings is 1. The predicted molar refractivity (Wildman–Crippen MR) is 99.4 cm³/mol. The Hall–Kier alpha value is -3.35. The number of benzene rings is 1. The summed E-state index contributed by atoms with van der Waals surface area (Å²) in [5, 5.41) is 11.0. The summed E-state index contributed by atoms with van der Waals surface area (Å²) in [6, 6.07) is 10.1. The molecule has 0 N–H and O–H groups in total. The van der Waals surface area contributed by atoms with Crippen molar-refractivity contribution in [3.8, 4) is 5.75 Å². The van der Waals surface area contributed by atoms with Crippen molar-refractivity contribution < 1.29 is 18.9 Å². The maximum atomic E-state index is 12.6. The summed E-state index contributed by atoms with van der Waals surface area (Å²) in [5.74, 6) is 0.959. The van der Waals surface area contributed by atoms with Gasteiger partial charge < -0.3 is 13.7 Å². The molecule has 140 valence electrons. The van der Waals surface area contributed by atoms with Gasteiger partial charge in [-0.2, -0.15) is 0 Å². The van der Waals surface area contributed by atoms with Crippen LogP contribution in [0.4, 0.5) is 5.69 Å². The SMILES string of the molecule is Cc1c(OCC(=O)c2cc(C)n(Cc3ccco3)c2C)cccc1[N+](=O)[O-]. The number of hydrogen-bond donors (Lipinski definition) is 0.